The molecule has 1 aliphatic rings. The van der Waals surface area contributed by atoms with Crippen molar-refractivity contribution in [3.63, 3.8) is 0 Å². The number of benzene rings is 1. The third kappa shape index (κ3) is 4.08. The zero-order chi connectivity index (χ0) is 13.8. The smallest absolute Gasteiger partial charge is 0.0635 e. The van der Waals surface area contributed by atoms with Crippen LogP contribution in [0.3, 0.4) is 0 Å². The van der Waals surface area contributed by atoms with Crippen LogP contribution in [0.5, 0.6) is 0 Å². The summed E-state index contributed by atoms with van der Waals surface area (Å²) >= 11 is 3.44. The first-order chi connectivity index (χ1) is 9.08. The van der Waals surface area contributed by atoms with Crippen molar-refractivity contribution in [3.8, 4) is 0 Å². The Balaban J connectivity index is 2.04. The molecule has 0 spiro atoms. The molecule has 0 saturated heterocycles. The van der Waals surface area contributed by atoms with Gasteiger partial charge in [-0.05, 0) is 55.9 Å². The van der Waals surface area contributed by atoms with Crippen LogP contribution >= 0.6 is 15.9 Å². The highest BCUT2D eigenvalue weighted by atomic mass is 79.9. The molecule has 0 radical (unpaired) electrons. The van der Waals surface area contributed by atoms with E-state index < -0.39 is 0 Å². The average Bonchev–Trinajstić information content (AvgIpc) is 2.37. The molecule has 0 bridgehead atoms. The Kier molecular flexibility index (Phi) is 5.06. The van der Waals surface area contributed by atoms with Crippen LogP contribution in [0.2, 0.25) is 0 Å². The highest BCUT2D eigenvalue weighted by Gasteiger charge is 2.25. The van der Waals surface area contributed by atoms with E-state index in [4.69, 9.17) is 0 Å². The minimum atomic E-state index is 0.132. The molecular weight excluding hydrogens is 302 g/mol. The number of aliphatic hydroxyl groups is 1. The van der Waals surface area contributed by atoms with Gasteiger partial charge >= 0.3 is 0 Å². The van der Waals surface area contributed by atoms with Crippen molar-refractivity contribution in [2.45, 2.75) is 32.7 Å². The Morgan fingerprint density at radius 1 is 1.37 bits per heavy atom. The standard InChI is InChI=1S/C16H22BrNO/c1-11-7-12(2)9-13(8-11)16(10-19)18-15-5-3-14(17)4-6-15/h3-7,11,13,16,18-19H,8-10H2,1-2H3. The lowest BCUT2D eigenvalue weighted by Gasteiger charge is -2.32. The number of halogens is 1. The van der Waals surface area contributed by atoms with E-state index in [9.17, 15) is 5.11 Å². The molecule has 1 aromatic carbocycles. The third-order valence-electron chi connectivity index (χ3n) is 3.79. The van der Waals surface area contributed by atoms with Gasteiger partial charge in [-0.25, -0.2) is 0 Å². The van der Waals surface area contributed by atoms with Crippen molar-refractivity contribution in [1.82, 2.24) is 0 Å². The van der Waals surface area contributed by atoms with Gasteiger partial charge in [0.1, 0.15) is 0 Å². The number of rotatable bonds is 4. The Morgan fingerprint density at radius 2 is 2.05 bits per heavy atom. The molecule has 0 saturated carbocycles. The van der Waals surface area contributed by atoms with E-state index in [1.807, 2.05) is 24.3 Å². The first kappa shape index (κ1) is 14.6. The van der Waals surface area contributed by atoms with Gasteiger partial charge in [-0.3, -0.25) is 0 Å². The number of anilines is 1. The van der Waals surface area contributed by atoms with E-state index in [0.717, 1.165) is 23.0 Å². The molecule has 0 fully saturated rings. The zero-order valence-corrected chi connectivity index (χ0v) is 13.2. The van der Waals surface area contributed by atoms with Gasteiger partial charge in [-0.1, -0.05) is 34.5 Å². The summed E-state index contributed by atoms with van der Waals surface area (Å²) in [6.07, 6.45) is 4.58. The first-order valence-corrected chi connectivity index (χ1v) is 7.68. The van der Waals surface area contributed by atoms with Crippen molar-refractivity contribution in [1.29, 1.82) is 0 Å². The largest absolute Gasteiger partial charge is 0.394 e. The van der Waals surface area contributed by atoms with E-state index in [0.29, 0.717) is 11.8 Å². The molecule has 2 N–H and O–H groups in total. The van der Waals surface area contributed by atoms with Crippen molar-refractivity contribution in [2.75, 3.05) is 11.9 Å². The fourth-order valence-electron chi connectivity index (χ4n) is 2.98. The van der Waals surface area contributed by atoms with Crippen LogP contribution in [-0.2, 0) is 0 Å². The topological polar surface area (TPSA) is 32.3 Å². The maximum atomic E-state index is 9.68. The lowest BCUT2D eigenvalue weighted by atomic mass is 9.79. The van der Waals surface area contributed by atoms with E-state index in [1.165, 1.54) is 5.57 Å². The summed E-state index contributed by atoms with van der Waals surface area (Å²) in [6, 6.07) is 8.26. The number of aliphatic hydroxyl groups excluding tert-OH is 1. The van der Waals surface area contributed by atoms with Gasteiger partial charge in [0.05, 0.1) is 12.6 Å². The Hall–Kier alpha value is -0.800. The van der Waals surface area contributed by atoms with Gasteiger partial charge in [-0.15, -0.1) is 0 Å². The van der Waals surface area contributed by atoms with Gasteiger partial charge < -0.3 is 10.4 Å². The number of hydrogen-bond acceptors (Lipinski definition) is 2. The molecule has 0 heterocycles. The van der Waals surface area contributed by atoms with Crippen LogP contribution in [0.4, 0.5) is 5.69 Å². The quantitative estimate of drug-likeness (QED) is 0.813. The van der Waals surface area contributed by atoms with Crippen LogP contribution in [0.15, 0.2) is 40.4 Å². The second-order valence-corrected chi connectivity index (χ2v) is 6.55. The minimum absolute atomic E-state index is 0.132. The molecule has 0 amide bonds. The molecule has 0 aromatic heterocycles. The molecule has 104 valence electrons. The predicted molar refractivity (Wildman–Crippen MR) is 84.3 cm³/mol. The van der Waals surface area contributed by atoms with Crippen LogP contribution in [0.25, 0.3) is 0 Å². The lowest BCUT2D eigenvalue weighted by molar-refractivity contribution is 0.220. The average molecular weight is 324 g/mol. The van der Waals surface area contributed by atoms with Gasteiger partial charge in [0.25, 0.3) is 0 Å². The maximum absolute atomic E-state index is 9.68. The van der Waals surface area contributed by atoms with Crippen molar-refractivity contribution in [3.05, 3.63) is 40.4 Å². The SMILES string of the molecule is CC1=CC(C)CC(C(CO)Nc2ccc(Br)cc2)C1. The molecule has 3 heteroatoms. The third-order valence-corrected chi connectivity index (χ3v) is 4.32. The van der Waals surface area contributed by atoms with Crippen LogP contribution in [-0.4, -0.2) is 17.8 Å². The predicted octanol–water partition coefficient (Wildman–Crippen LogP) is 4.21. The van der Waals surface area contributed by atoms with E-state index in [-0.39, 0.29) is 12.6 Å². The monoisotopic (exact) mass is 323 g/mol. The fraction of sp³-hybridized carbons (Fsp3) is 0.500. The Morgan fingerprint density at radius 3 is 2.63 bits per heavy atom. The normalized spacial score (nSPS) is 24.7. The minimum Gasteiger partial charge on any atom is -0.394 e. The lowest BCUT2D eigenvalue weighted by Crippen LogP contribution is -2.35. The number of allylic oxidation sites excluding steroid dienone is 2. The first-order valence-electron chi connectivity index (χ1n) is 6.88. The van der Waals surface area contributed by atoms with Crippen molar-refractivity contribution >= 4 is 21.6 Å². The summed E-state index contributed by atoms with van der Waals surface area (Å²) in [7, 11) is 0. The van der Waals surface area contributed by atoms with Crippen LogP contribution in [0.1, 0.15) is 26.7 Å². The summed E-state index contributed by atoms with van der Waals surface area (Å²) in [4.78, 5) is 0. The highest BCUT2D eigenvalue weighted by molar-refractivity contribution is 9.10. The summed E-state index contributed by atoms with van der Waals surface area (Å²) < 4.78 is 1.07. The molecule has 3 atom stereocenters. The van der Waals surface area contributed by atoms with Crippen molar-refractivity contribution < 1.29 is 5.11 Å². The van der Waals surface area contributed by atoms with E-state index in [1.54, 1.807) is 0 Å². The summed E-state index contributed by atoms with van der Waals surface area (Å²) in [5.41, 5.74) is 2.52. The van der Waals surface area contributed by atoms with E-state index in [2.05, 4.69) is 41.2 Å². The fourth-order valence-corrected chi connectivity index (χ4v) is 3.24. The van der Waals surface area contributed by atoms with Crippen LogP contribution in [0, 0.1) is 11.8 Å². The Bertz CT molecular complexity index is 441. The second kappa shape index (κ2) is 6.58. The summed E-state index contributed by atoms with van der Waals surface area (Å²) in [5, 5.41) is 13.1. The number of hydrogen-bond donors (Lipinski definition) is 2. The molecule has 0 aliphatic heterocycles. The maximum Gasteiger partial charge on any atom is 0.0635 e. The van der Waals surface area contributed by atoms with Crippen LogP contribution < -0.4 is 5.32 Å². The van der Waals surface area contributed by atoms with Gasteiger partial charge in [0.2, 0.25) is 0 Å². The molecule has 2 rings (SSSR count). The molecule has 3 unspecified atom stereocenters. The Labute approximate surface area is 124 Å². The van der Waals surface area contributed by atoms with E-state index >= 15 is 0 Å². The van der Waals surface area contributed by atoms with Crippen molar-refractivity contribution in [2.24, 2.45) is 11.8 Å². The van der Waals surface area contributed by atoms with Gasteiger partial charge in [0.15, 0.2) is 0 Å². The zero-order valence-electron chi connectivity index (χ0n) is 11.6. The highest BCUT2D eigenvalue weighted by Crippen LogP contribution is 2.31. The second-order valence-electron chi connectivity index (χ2n) is 5.63. The van der Waals surface area contributed by atoms with Gasteiger partial charge in [-0.2, -0.15) is 0 Å². The summed E-state index contributed by atoms with van der Waals surface area (Å²) in [5.74, 6) is 1.12. The molecule has 2 nitrogen and oxygen atoms in total. The summed E-state index contributed by atoms with van der Waals surface area (Å²) in [6.45, 7) is 4.63. The molecule has 1 aliphatic carbocycles. The molecule has 1 aromatic rings. The molecule has 19 heavy (non-hydrogen) atoms. The number of nitrogens with one attached hydrogen (secondary N) is 1. The van der Waals surface area contributed by atoms with Gasteiger partial charge in [0, 0.05) is 10.2 Å². The molecular formula is C16H22BrNO.